The molecule has 0 radical (unpaired) electrons. The van der Waals surface area contributed by atoms with E-state index >= 15 is 0 Å². The van der Waals surface area contributed by atoms with Crippen molar-refractivity contribution in [2.24, 2.45) is 5.92 Å². The molecule has 2 atom stereocenters. The van der Waals surface area contributed by atoms with Crippen LogP contribution in [-0.2, 0) is 9.53 Å². The fraction of sp³-hybridized carbons (Fsp3) is 0.900. The van der Waals surface area contributed by atoms with Crippen molar-refractivity contribution in [3.63, 3.8) is 0 Å². The van der Waals surface area contributed by atoms with E-state index in [1.165, 1.54) is 0 Å². The van der Waals surface area contributed by atoms with E-state index in [0.29, 0.717) is 5.92 Å². The summed E-state index contributed by atoms with van der Waals surface area (Å²) in [4.78, 5) is 10.6. The molecule has 0 spiro atoms. The molecule has 1 heterocycles. The molecule has 0 bridgehead atoms. The average molecular weight is 186 g/mol. The first-order chi connectivity index (χ1) is 5.93. The van der Waals surface area contributed by atoms with Crippen molar-refractivity contribution in [1.82, 2.24) is 0 Å². The maximum atomic E-state index is 10.6. The molecule has 3 heteroatoms. The summed E-state index contributed by atoms with van der Waals surface area (Å²) in [6, 6.07) is 0. The van der Waals surface area contributed by atoms with Gasteiger partial charge in [-0.1, -0.05) is 13.8 Å². The fourth-order valence-electron chi connectivity index (χ4n) is 1.85. The summed E-state index contributed by atoms with van der Waals surface area (Å²) in [5, 5.41) is 8.68. The van der Waals surface area contributed by atoms with Gasteiger partial charge in [0.1, 0.15) is 0 Å². The molecule has 0 amide bonds. The van der Waals surface area contributed by atoms with Crippen molar-refractivity contribution >= 4 is 5.97 Å². The van der Waals surface area contributed by atoms with Crippen LogP contribution in [0, 0.1) is 5.92 Å². The maximum absolute atomic E-state index is 10.6. The lowest BCUT2D eigenvalue weighted by Crippen LogP contribution is -2.29. The molecule has 0 aromatic rings. The zero-order valence-electron chi connectivity index (χ0n) is 8.54. The summed E-state index contributed by atoms with van der Waals surface area (Å²) in [5.74, 6) is -0.289. The van der Waals surface area contributed by atoms with Crippen LogP contribution in [0.4, 0.5) is 0 Å². The minimum atomic E-state index is -0.771. The summed E-state index contributed by atoms with van der Waals surface area (Å²) < 4.78 is 5.74. The predicted octanol–water partition coefficient (Wildman–Crippen LogP) is 2.05. The largest absolute Gasteiger partial charge is 0.481 e. The van der Waals surface area contributed by atoms with Crippen molar-refractivity contribution in [1.29, 1.82) is 0 Å². The Morgan fingerprint density at radius 2 is 2.31 bits per heavy atom. The van der Waals surface area contributed by atoms with Crippen LogP contribution in [-0.4, -0.2) is 22.8 Å². The SMILES string of the molecule is CC(C)C1CCC(C)(CC(=O)O)O1. The molecule has 0 aromatic heterocycles. The number of ether oxygens (including phenoxy) is 1. The Morgan fingerprint density at radius 3 is 2.69 bits per heavy atom. The Labute approximate surface area is 79.1 Å². The Hall–Kier alpha value is -0.570. The zero-order valence-corrected chi connectivity index (χ0v) is 8.54. The molecular weight excluding hydrogens is 168 g/mol. The van der Waals surface area contributed by atoms with E-state index < -0.39 is 11.6 Å². The van der Waals surface area contributed by atoms with Crippen LogP contribution in [0.3, 0.4) is 0 Å². The van der Waals surface area contributed by atoms with Gasteiger partial charge in [-0.15, -0.1) is 0 Å². The quantitative estimate of drug-likeness (QED) is 0.733. The third kappa shape index (κ3) is 2.69. The highest BCUT2D eigenvalue weighted by Crippen LogP contribution is 2.35. The molecule has 1 saturated heterocycles. The van der Waals surface area contributed by atoms with Gasteiger partial charge in [0.25, 0.3) is 0 Å². The van der Waals surface area contributed by atoms with Crippen LogP contribution in [0.1, 0.15) is 40.0 Å². The zero-order chi connectivity index (χ0) is 10.1. The number of hydrogen-bond donors (Lipinski definition) is 1. The van der Waals surface area contributed by atoms with Crippen molar-refractivity contribution < 1.29 is 14.6 Å². The summed E-state index contributed by atoms with van der Waals surface area (Å²) in [7, 11) is 0. The van der Waals surface area contributed by atoms with Crippen LogP contribution < -0.4 is 0 Å². The second-order valence-corrected chi connectivity index (χ2v) is 4.46. The van der Waals surface area contributed by atoms with E-state index in [-0.39, 0.29) is 12.5 Å². The van der Waals surface area contributed by atoms with Crippen LogP contribution in [0.2, 0.25) is 0 Å². The first kappa shape index (κ1) is 10.5. The van der Waals surface area contributed by atoms with Crippen molar-refractivity contribution in [2.75, 3.05) is 0 Å². The molecule has 13 heavy (non-hydrogen) atoms. The minimum Gasteiger partial charge on any atom is -0.481 e. The molecule has 0 aromatic carbocycles. The second-order valence-electron chi connectivity index (χ2n) is 4.46. The van der Waals surface area contributed by atoms with Gasteiger partial charge in [0.15, 0.2) is 0 Å². The summed E-state index contributed by atoms with van der Waals surface area (Å²) in [6.45, 7) is 6.11. The van der Waals surface area contributed by atoms with Gasteiger partial charge in [-0.3, -0.25) is 4.79 Å². The summed E-state index contributed by atoms with van der Waals surface area (Å²) in [6.07, 6.45) is 2.21. The third-order valence-corrected chi connectivity index (χ3v) is 2.66. The average Bonchev–Trinajstić information content (AvgIpc) is 2.29. The van der Waals surface area contributed by atoms with Crippen molar-refractivity contribution in [2.45, 2.75) is 51.7 Å². The Morgan fingerprint density at radius 1 is 1.69 bits per heavy atom. The predicted molar refractivity (Wildman–Crippen MR) is 49.6 cm³/mol. The summed E-state index contributed by atoms with van der Waals surface area (Å²) >= 11 is 0. The normalized spacial score (nSPS) is 34.0. The van der Waals surface area contributed by atoms with Crippen LogP contribution >= 0.6 is 0 Å². The Kier molecular flexibility index (Phi) is 2.96. The van der Waals surface area contributed by atoms with E-state index in [1.54, 1.807) is 0 Å². The molecule has 1 N–H and O–H groups in total. The van der Waals surface area contributed by atoms with Crippen molar-refractivity contribution in [3.8, 4) is 0 Å². The van der Waals surface area contributed by atoms with Crippen LogP contribution in [0.25, 0.3) is 0 Å². The lowest BCUT2D eigenvalue weighted by Gasteiger charge is -2.24. The lowest BCUT2D eigenvalue weighted by atomic mass is 9.97. The fourth-order valence-corrected chi connectivity index (χ4v) is 1.85. The smallest absolute Gasteiger partial charge is 0.306 e. The highest BCUT2D eigenvalue weighted by atomic mass is 16.5. The van der Waals surface area contributed by atoms with Gasteiger partial charge in [0.05, 0.1) is 18.1 Å². The standard InChI is InChI=1S/C10H18O3/c1-7(2)8-4-5-10(3,13-8)6-9(11)12/h7-8H,4-6H2,1-3H3,(H,11,12). The second kappa shape index (κ2) is 3.66. The number of carbonyl (C=O) groups is 1. The van der Waals surface area contributed by atoms with E-state index in [2.05, 4.69) is 13.8 Å². The van der Waals surface area contributed by atoms with E-state index in [0.717, 1.165) is 12.8 Å². The van der Waals surface area contributed by atoms with Gasteiger partial charge >= 0.3 is 5.97 Å². The molecule has 1 aliphatic rings. The van der Waals surface area contributed by atoms with Gasteiger partial charge in [0, 0.05) is 0 Å². The van der Waals surface area contributed by atoms with Gasteiger partial charge in [-0.2, -0.15) is 0 Å². The van der Waals surface area contributed by atoms with Crippen LogP contribution in [0.5, 0.6) is 0 Å². The highest BCUT2D eigenvalue weighted by molar-refractivity contribution is 5.68. The number of carboxylic acid groups (broad SMARTS) is 1. The number of hydrogen-bond acceptors (Lipinski definition) is 2. The Bertz CT molecular complexity index is 200. The van der Waals surface area contributed by atoms with Gasteiger partial charge in [-0.05, 0) is 25.7 Å². The topological polar surface area (TPSA) is 46.5 Å². The molecule has 1 aliphatic heterocycles. The molecule has 3 nitrogen and oxygen atoms in total. The molecule has 0 aliphatic carbocycles. The molecule has 76 valence electrons. The van der Waals surface area contributed by atoms with Gasteiger partial charge in [-0.25, -0.2) is 0 Å². The number of carboxylic acids is 1. The lowest BCUT2D eigenvalue weighted by molar-refractivity contribution is -0.144. The number of rotatable bonds is 3. The van der Waals surface area contributed by atoms with Gasteiger partial charge in [0.2, 0.25) is 0 Å². The van der Waals surface area contributed by atoms with E-state index in [4.69, 9.17) is 9.84 Å². The van der Waals surface area contributed by atoms with E-state index in [9.17, 15) is 4.79 Å². The number of aliphatic carboxylic acids is 1. The molecule has 1 fully saturated rings. The first-order valence-electron chi connectivity index (χ1n) is 4.82. The first-order valence-corrected chi connectivity index (χ1v) is 4.82. The third-order valence-electron chi connectivity index (χ3n) is 2.66. The molecular formula is C10H18O3. The minimum absolute atomic E-state index is 0.121. The summed E-state index contributed by atoms with van der Waals surface area (Å²) in [5.41, 5.74) is -0.430. The molecule has 0 saturated carbocycles. The van der Waals surface area contributed by atoms with Crippen LogP contribution in [0.15, 0.2) is 0 Å². The highest BCUT2D eigenvalue weighted by Gasteiger charge is 2.38. The Balaban J connectivity index is 2.51. The molecule has 1 rings (SSSR count). The maximum Gasteiger partial charge on any atom is 0.306 e. The monoisotopic (exact) mass is 186 g/mol. The van der Waals surface area contributed by atoms with Crippen molar-refractivity contribution in [3.05, 3.63) is 0 Å². The van der Waals surface area contributed by atoms with E-state index in [1.807, 2.05) is 6.92 Å². The molecule has 2 unspecified atom stereocenters. The van der Waals surface area contributed by atoms with Gasteiger partial charge < -0.3 is 9.84 Å².